The summed E-state index contributed by atoms with van der Waals surface area (Å²) in [6, 6.07) is 3.50. The molecular formula is C11H16N4O2. The highest BCUT2D eigenvalue weighted by Gasteiger charge is 2.24. The summed E-state index contributed by atoms with van der Waals surface area (Å²) in [5.74, 6) is 0. The number of amides is 2. The lowest BCUT2D eigenvalue weighted by molar-refractivity contribution is 0.0359. The van der Waals surface area contributed by atoms with Gasteiger partial charge in [-0.05, 0) is 12.1 Å². The largest absolute Gasteiger partial charge is 0.379 e. The van der Waals surface area contributed by atoms with Crippen molar-refractivity contribution in [1.82, 2.24) is 15.3 Å². The molecule has 0 spiro atoms. The molecular weight excluding hydrogens is 220 g/mol. The molecule has 6 nitrogen and oxygen atoms in total. The van der Waals surface area contributed by atoms with Crippen LogP contribution in [0.25, 0.3) is 0 Å². The topological polar surface area (TPSA) is 57.7 Å². The maximum Gasteiger partial charge on any atom is 0.336 e. The van der Waals surface area contributed by atoms with Crippen LogP contribution in [-0.4, -0.2) is 49.4 Å². The van der Waals surface area contributed by atoms with Gasteiger partial charge in [-0.25, -0.2) is 14.8 Å². The minimum atomic E-state index is -0.167. The first-order valence-electron chi connectivity index (χ1n) is 5.57. The van der Waals surface area contributed by atoms with Crippen LogP contribution in [0.4, 0.5) is 10.5 Å². The van der Waals surface area contributed by atoms with Crippen LogP contribution in [0.15, 0.2) is 24.5 Å². The van der Waals surface area contributed by atoms with Gasteiger partial charge in [0.1, 0.15) is 0 Å². The molecule has 0 aromatic carbocycles. The smallest absolute Gasteiger partial charge is 0.336 e. The van der Waals surface area contributed by atoms with Gasteiger partial charge >= 0.3 is 6.03 Å². The minimum absolute atomic E-state index is 0.167. The second-order valence-corrected chi connectivity index (χ2v) is 3.64. The maximum absolute atomic E-state index is 11.9. The summed E-state index contributed by atoms with van der Waals surface area (Å²) in [5, 5.41) is 6.20. The lowest BCUT2D eigenvalue weighted by atomic mass is 10.4. The first kappa shape index (κ1) is 11.8. The van der Waals surface area contributed by atoms with E-state index in [4.69, 9.17) is 4.74 Å². The average molecular weight is 236 g/mol. The highest BCUT2D eigenvalue weighted by Crippen LogP contribution is 2.16. The van der Waals surface area contributed by atoms with E-state index in [1.54, 1.807) is 24.5 Å². The van der Waals surface area contributed by atoms with Crippen molar-refractivity contribution in [3.63, 3.8) is 0 Å². The SMILES string of the molecule is CNC(=O)N(c1cccnc1)N1CCOCC1. The zero-order valence-electron chi connectivity index (χ0n) is 9.80. The van der Waals surface area contributed by atoms with Gasteiger partial charge in [0.15, 0.2) is 0 Å². The van der Waals surface area contributed by atoms with E-state index >= 15 is 0 Å². The number of morpholine rings is 1. The summed E-state index contributed by atoms with van der Waals surface area (Å²) < 4.78 is 5.28. The number of aromatic nitrogens is 1. The molecule has 2 amide bonds. The van der Waals surface area contributed by atoms with Gasteiger partial charge in [0.2, 0.25) is 0 Å². The van der Waals surface area contributed by atoms with Crippen LogP contribution in [0.5, 0.6) is 0 Å². The van der Waals surface area contributed by atoms with E-state index in [2.05, 4.69) is 10.3 Å². The molecule has 1 aromatic rings. The third kappa shape index (κ3) is 2.72. The molecule has 0 bridgehead atoms. The molecule has 2 rings (SSSR count). The maximum atomic E-state index is 11.9. The number of rotatable bonds is 2. The van der Waals surface area contributed by atoms with E-state index in [1.165, 1.54) is 0 Å². The number of nitrogens with zero attached hydrogens (tertiary/aromatic N) is 3. The highest BCUT2D eigenvalue weighted by molar-refractivity contribution is 5.90. The fourth-order valence-corrected chi connectivity index (χ4v) is 1.75. The predicted molar refractivity (Wildman–Crippen MR) is 63.6 cm³/mol. The van der Waals surface area contributed by atoms with Gasteiger partial charge in [-0.15, -0.1) is 0 Å². The predicted octanol–water partition coefficient (Wildman–Crippen LogP) is 0.475. The highest BCUT2D eigenvalue weighted by atomic mass is 16.5. The number of hydrogen-bond donors (Lipinski definition) is 1. The Morgan fingerprint density at radius 3 is 2.88 bits per heavy atom. The van der Waals surface area contributed by atoms with Gasteiger partial charge in [0, 0.05) is 26.3 Å². The van der Waals surface area contributed by atoms with E-state index in [-0.39, 0.29) is 6.03 Å². The van der Waals surface area contributed by atoms with Crippen molar-refractivity contribution in [2.45, 2.75) is 0 Å². The fourth-order valence-electron chi connectivity index (χ4n) is 1.75. The zero-order chi connectivity index (χ0) is 12.1. The van der Waals surface area contributed by atoms with Crippen LogP contribution >= 0.6 is 0 Å². The van der Waals surface area contributed by atoms with E-state index < -0.39 is 0 Å². The van der Waals surface area contributed by atoms with Crippen molar-refractivity contribution in [3.05, 3.63) is 24.5 Å². The molecule has 92 valence electrons. The number of anilines is 1. The van der Waals surface area contributed by atoms with Crippen LogP contribution in [-0.2, 0) is 4.74 Å². The van der Waals surface area contributed by atoms with Crippen LogP contribution in [0, 0.1) is 0 Å². The lowest BCUT2D eigenvalue weighted by Crippen LogP contribution is -2.54. The molecule has 1 N–H and O–H groups in total. The molecule has 17 heavy (non-hydrogen) atoms. The Labute approximate surface area is 100 Å². The molecule has 0 radical (unpaired) electrons. The summed E-state index contributed by atoms with van der Waals surface area (Å²) in [6.45, 7) is 2.66. The third-order valence-corrected chi connectivity index (χ3v) is 2.57. The summed E-state index contributed by atoms with van der Waals surface area (Å²) in [4.78, 5) is 16.0. The van der Waals surface area contributed by atoms with Crippen molar-refractivity contribution in [1.29, 1.82) is 0 Å². The van der Waals surface area contributed by atoms with Gasteiger partial charge < -0.3 is 10.1 Å². The Morgan fingerprint density at radius 1 is 1.53 bits per heavy atom. The van der Waals surface area contributed by atoms with Crippen molar-refractivity contribution >= 4 is 11.7 Å². The number of pyridine rings is 1. The monoisotopic (exact) mass is 236 g/mol. The normalized spacial score (nSPS) is 16.5. The third-order valence-electron chi connectivity index (χ3n) is 2.57. The number of carbonyl (C=O) groups excluding carboxylic acids is 1. The van der Waals surface area contributed by atoms with E-state index in [0.717, 1.165) is 5.69 Å². The molecule has 1 aliphatic rings. The van der Waals surface area contributed by atoms with Crippen LogP contribution in [0.2, 0.25) is 0 Å². The molecule has 6 heteroatoms. The summed E-state index contributed by atoms with van der Waals surface area (Å²) in [6.07, 6.45) is 3.36. The number of urea groups is 1. The molecule has 1 saturated heterocycles. The molecule has 0 saturated carbocycles. The minimum Gasteiger partial charge on any atom is -0.379 e. The van der Waals surface area contributed by atoms with Gasteiger partial charge in [-0.1, -0.05) is 0 Å². The van der Waals surface area contributed by atoms with Crippen LogP contribution in [0.1, 0.15) is 0 Å². The number of carbonyl (C=O) groups is 1. The van der Waals surface area contributed by atoms with Crippen LogP contribution < -0.4 is 10.3 Å². The summed E-state index contributed by atoms with van der Waals surface area (Å²) >= 11 is 0. The Morgan fingerprint density at radius 2 is 2.29 bits per heavy atom. The lowest BCUT2D eigenvalue weighted by Gasteiger charge is -2.36. The van der Waals surface area contributed by atoms with E-state index in [1.807, 2.05) is 17.1 Å². The molecule has 0 atom stereocenters. The second kappa shape index (κ2) is 5.60. The molecule has 1 fully saturated rings. The van der Waals surface area contributed by atoms with Gasteiger partial charge in [0.25, 0.3) is 0 Å². The first-order valence-corrected chi connectivity index (χ1v) is 5.57. The average Bonchev–Trinajstić information content (AvgIpc) is 2.41. The molecule has 1 aliphatic heterocycles. The number of nitrogens with one attached hydrogen (secondary N) is 1. The van der Waals surface area contributed by atoms with Crippen molar-refractivity contribution in [2.75, 3.05) is 38.4 Å². The molecule has 0 unspecified atom stereocenters. The van der Waals surface area contributed by atoms with Crippen molar-refractivity contribution < 1.29 is 9.53 Å². The summed E-state index contributed by atoms with van der Waals surface area (Å²) in [7, 11) is 1.62. The molecule has 1 aromatic heterocycles. The Balaban J connectivity index is 2.21. The number of hydrogen-bond acceptors (Lipinski definition) is 4. The van der Waals surface area contributed by atoms with Gasteiger partial charge in [-0.3, -0.25) is 4.98 Å². The summed E-state index contributed by atoms with van der Waals surface area (Å²) in [5.41, 5.74) is 0.758. The molecule has 2 heterocycles. The number of ether oxygens (including phenoxy) is 1. The second-order valence-electron chi connectivity index (χ2n) is 3.64. The van der Waals surface area contributed by atoms with Gasteiger partial charge in [-0.2, -0.15) is 0 Å². The Kier molecular flexibility index (Phi) is 3.89. The quantitative estimate of drug-likeness (QED) is 0.811. The first-order chi connectivity index (χ1) is 8.33. The van der Waals surface area contributed by atoms with Crippen molar-refractivity contribution in [3.8, 4) is 0 Å². The fraction of sp³-hybridized carbons (Fsp3) is 0.455. The van der Waals surface area contributed by atoms with Crippen molar-refractivity contribution in [2.24, 2.45) is 0 Å². The standard InChI is InChI=1S/C11H16N4O2/c1-12-11(16)15(10-3-2-4-13-9-10)14-5-7-17-8-6-14/h2-4,9H,5-8H2,1H3,(H,12,16). The Bertz CT molecular complexity index is 365. The van der Waals surface area contributed by atoms with E-state index in [0.29, 0.717) is 26.3 Å². The van der Waals surface area contributed by atoms with Crippen LogP contribution in [0.3, 0.4) is 0 Å². The molecule has 0 aliphatic carbocycles. The number of hydrazine groups is 1. The van der Waals surface area contributed by atoms with E-state index in [9.17, 15) is 4.79 Å². The Hall–Kier alpha value is -1.66. The zero-order valence-corrected chi connectivity index (χ0v) is 9.80. The van der Waals surface area contributed by atoms with Gasteiger partial charge in [0.05, 0.1) is 25.1 Å².